The first-order chi connectivity index (χ1) is 14.1. The van der Waals surface area contributed by atoms with Gasteiger partial charge in [-0.3, -0.25) is 4.79 Å². The van der Waals surface area contributed by atoms with Crippen molar-refractivity contribution < 1.29 is 23.6 Å². The number of rotatable bonds is 5. The minimum Gasteiger partial charge on any atom is -0.497 e. The van der Waals surface area contributed by atoms with Gasteiger partial charge in [-0.2, -0.15) is 0 Å². The molecule has 29 heavy (non-hydrogen) atoms. The van der Waals surface area contributed by atoms with E-state index in [-0.39, 0.29) is 17.6 Å². The molecule has 0 saturated carbocycles. The standard InChI is InChI=1S/C21H22FN3O4/c1-27-18-8-2-5-15(11-18)21(26)24-10-4-6-16(13-24)20-14-25(23-28-20)29-19-9-3-7-17(22)12-19/h2-3,5,7-9,11-12,14,16,23H,4,6,10,13H2,1H3/t16-/m0/s1. The van der Waals surface area contributed by atoms with Gasteiger partial charge in [0.25, 0.3) is 5.91 Å². The first-order valence-electron chi connectivity index (χ1n) is 9.42. The molecule has 2 aliphatic heterocycles. The summed E-state index contributed by atoms with van der Waals surface area (Å²) in [5.74, 6) is 1.29. The number of nitrogens with one attached hydrogen (secondary N) is 1. The molecule has 0 bridgehead atoms. The SMILES string of the molecule is COc1cccc(C(=O)N2CCC[C@H](C3=CN(Oc4cccc(F)c4)NO3)C2)c1. The lowest BCUT2D eigenvalue weighted by Gasteiger charge is -2.32. The smallest absolute Gasteiger partial charge is 0.254 e. The summed E-state index contributed by atoms with van der Waals surface area (Å²) in [6, 6.07) is 13.0. The van der Waals surface area contributed by atoms with E-state index in [0.717, 1.165) is 12.8 Å². The highest BCUT2D eigenvalue weighted by Gasteiger charge is 2.31. The van der Waals surface area contributed by atoms with Gasteiger partial charge in [0, 0.05) is 30.6 Å². The number of hydrogen-bond donors (Lipinski definition) is 1. The third kappa shape index (κ3) is 4.43. The van der Waals surface area contributed by atoms with Gasteiger partial charge in [-0.05, 0) is 48.8 Å². The summed E-state index contributed by atoms with van der Waals surface area (Å²) in [6.45, 7) is 1.23. The number of piperidine rings is 1. The average molecular weight is 399 g/mol. The number of ether oxygens (including phenoxy) is 1. The number of carbonyl (C=O) groups is 1. The monoisotopic (exact) mass is 399 g/mol. The summed E-state index contributed by atoms with van der Waals surface area (Å²) < 4.78 is 18.5. The van der Waals surface area contributed by atoms with Gasteiger partial charge in [0.05, 0.1) is 7.11 Å². The maximum Gasteiger partial charge on any atom is 0.254 e. The van der Waals surface area contributed by atoms with Crippen LogP contribution in [0.25, 0.3) is 0 Å². The first kappa shape index (κ1) is 19.1. The second kappa shape index (κ2) is 8.40. The Morgan fingerprint density at radius 1 is 1.21 bits per heavy atom. The number of nitrogens with zero attached hydrogens (tertiary/aromatic N) is 2. The topological polar surface area (TPSA) is 63.3 Å². The molecular weight excluding hydrogens is 377 g/mol. The molecule has 0 aromatic heterocycles. The highest BCUT2D eigenvalue weighted by Crippen LogP contribution is 2.28. The minimum absolute atomic E-state index is 0.0342. The zero-order chi connectivity index (χ0) is 20.2. The molecule has 0 unspecified atom stereocenters. The van der Waals surface area contributed by atoms with Crippen molar-refractivity contribution in [2.75, 3.05) is 20.2 Å². The molecule has 1 saturated heterocycles. The fourth-order valence-corrected chi connectivity index (χ4v) is 3.47. The van der Waals surface area contributed by atoms with E-state index in [2.05, 4.69) is 5.59 Å². The third-order valence-corrected chi connectivity index (χ3v) is 4.93. The summed E-state index contributed by atoms with van der Waals surface area (Å²) in [4.78, 5) is 25.8. The predicted molar refractivity (Wildman–Crippen MR) is 103 cm³/mol. The number of amides is 1. The fourth-order valence-electron chi connectivity index (χ4n) is 3.47. The maximum atomic E-state index is 13.3. The van der Waals surface area contributed by atoms with Crippen molar-refractivity contribution in [1.82, 2.24) is 15.7 Å². The van der Waals surface area contributed by atoms with Gasteiger partial charge in [0.15, 0.2) is 11.5 Å². The lowest BCUT2D eigenvalue weighted by Crippen LogP contribution is -2.40. The van der Waals surface area contributed by atoms with Crippen LogP contribution < -0.4 is 15.2 Å². The zero-order valence-corrected chi connectivity index (χ0v) is 16.0. The lowest BCUT2D eigenvalue weighted by atomic mass is 9.95. The summed E-state index contributed by atoms with van der Waals surface area (Å²) in [7, 11) is 1.58. The van der Waals surface area contributed by atoms with Crippen molar-refractivity contribution in [3.05, 3.63) is 71.9 Å². The molecule has 7 nitrogen and oxygen atoms in total. The van der Waals surface area contributed by atoms with Crippen molar-refractivity contribution in [3.63, 3.8) is 0 Å². The van der Waals surface area contributed by atoms with Gasteiger partial charge in [-0.1, -0.05) is 12.1 Å². The summed E-state index contributed by atoms with van der Waals surface area (Å²) in [5.41, 5.74) is 3.24. The van der Waals surface area contributed by atoms with Gasteiger partial charge >= 0.3 is 0 Å². The molecule has 152 valence electrons. The van der Waals surface area contributed by atoms with Crippen LogP contribution in [0.2, 0.25) is 0 Å². The van der Waals surface area contributed by atoms with Crippen LogP contribution in [0.3, 0.4) is 0 Å². The molecule has 1 fully saturated rings. The Morgan fingerprint density at radius 2 is 2.03 bits per heavy atom. The number of halogens is 1. The molecule has 0 aliphatic carbocycles. The van der Waals surface area contributed by atoms with E-state index >= 15 is 0 Å². The average Bonchev–Trinajstić information content (AvgIpc) is 3.22. The van der Waals surface area contributed by atoms with E-state index in [1.165, 1.54) is 17.3 Å². The molecule has 4 rings (SSSR count). The maximum absolute atomic E-state index is 13.3. The van der Waals surface area contributed by atoms with Crippen LogP contribution >= 0.6 is 0 Å². The molecule has 2 aromatic carbocycles. The third-order valence-electron chi connectivity index (χ3n) is 4.93. The van der Waals surface area contributed by atoms with E-state index in [0.29, 0.717) is 35.9 Å². The van der Waals surface area contributed by atoms with E-state index in [9.17, 15) is 9.18 Å². The minimum atomic E-state index is -0.384. The number of methoxy groups -OCH3 is 1. The number of likely N-dealkylation sites (tertiary alicyclic amines) is 1. The summed E-state index contributed by atoms with van der Waals surface area (Å²) >= 11 is 0. The normalized spacial score (nSPS) is 18.8. The summed E-state index contributed by atoms with van der Waals surface area (Å²) in [5, 5.41) is 1.28. The van der Waals surface area contributed by atoms with E-state index < -0.39 is 0 Å². The van der Waals surface area contributed by atoms with Crippen molar-refractivity contribution in [2.24, 2.45) is 5.92 Å². The number of hydrogen-bond acceptors (Lipinski definition) is 6. The Hall–Kier alpha value is -3.26. The summed E-state index contributed by atoms with van der Waals surface area (Å²) in [6.07, 6.45) is 3.43. The number of benzene rings is 2. The molecule has 1 N–H and O–H groups in total. The molecule has 2 aliphatic rings. The Balaban J connectivity index is 1.41. The Morgan fingerprint density at radius 3 is 2.86 bits per heavy atom. The molecule has 8 heteroatoms. The highest BCUT2D eigenvalue weighted by molar-refractivity contribution is 5.94. The van der Waals surface area contributed by atoms with Crippen LogP contribution in [0, 0.1) is 11.7 Å². The Bertz CT molecular complexity index is 920. The number of carbonyl (C=O) groups excluding carboxylic acids is 1. The fraction of sp³-hybridized carbons (Fsp3) is 0.286. The first-order valence-corrected chi connectivity index (χ1v) is 9.42. The van der Waals surface area contributed by atoms with Crippen molar-refractivity contribution in [3.8, 4) is 11.5 Å². The van der Waals surface area contributed by atoms with Gasteiger partial charge in [0.1, 0.15) is 17.8 Å². The van der Waals surface area contributed by atoms with Crippen LogP contribution in [0.1, 0.15) is 23.2 Å². The van der Waals surface area contributed by atoms with Crippen LogP contribution in [0.15, 0.2) is 60.5 Å². The van der Waals surface area contributed by atoms with Crippen molar-refractivity contribution >= 4 is 5.91 Å². The lowest BCUT2D eigenvalue weighted by molar-refractivity contribution is -0.139. The Labute approximate surface area is 168 Å². The van der Waals surface area contributed by atoms with Crippen LogP contribution in [0.5, 0.6) is 11.5 Å². The number of hydroxylamine groups is 1. The van der Waals surface area contributed by atoms with Gasteiger partial charge in [-0.15, -0.1) is 5.17 Å². The van der Waals surface area contributed by atoms with E-state index in [4.69, 9.17) is 14.4 Å². The van der Waals surface area contributed by atoms with Gasteiger partial charge in [0.2, 0.25) is 0 Å². The second-order valence-electron chi connectivity index (χ2n) is 6.92. The molecular formula is C21H22FN3O4. The molecule has 1 amide bonds. The van der Waals surface area contributed by atoms with Crippen molar-refractivity contribution in [1.29, 1.82) is 0 Å². The van der Waals surface area contributed by atoms with Crippen LogP contribution in [0.4, 0.5) is 4.39 Å². The van der Waals surface area contributed by atoms with Crippen molar-refractivity contribution in [2.45, 2.75) is 12.8 Å². The van der Waals surface area contributed by atoms with Gasteiger partial charge < -0.3 is 19.3 Å². The molecule has 0 spiro atoms. The van der Waals surface area contributed by atoms with Crippen LogP contribution in [-0.2, 0) is 4.84 Å². The molecule has 1 atom stereocenters. The molecule has 2 heterocycles. The number of hydrazine groups is 1. The Kier molecular flexibility index (Phi) is 5.53. The largest absolute Gasteiger partial charge is 0.497 e. The predicted octanol–water partition coefficient (Wildman–Crippen LogP) is 3.27. The molecule has 0 radical (unpaired) electrons. The highest BCUT2D eigenvalue weighted by atomic mass is 19.1. The van der Waals surface area contributed by atoms with E-state index in [1.807, 2.05) is 17.0 Å². The van der Waals surface area contributed by atoms with Crippen LogP contribution in [-0.4, -0.2) is 36.2 Å². The second-order valence-corrected chi connectivity index (χ2v) is 6.92. The van der Waals surface area contributed by atoms with E-state index in [1.54, 1.807) is 37.6 Å². The zero-order valence-electron chi connectivity index (χ0n) is 16.0. The van der Waals surface area contributed by atoms with Gasteiger partial charge in [-0.25, -0.2) is 4.39 Å². The molecule has 2 aromatic rings. The quantitative estimate of drug-likeness (QED) is 0.833.